The van der Waals surface area contributed by atoms with E-state index in [1.807, 2.05) is 61.5 Å². The molecular weight excluding hydrogens is 550 g/mol. The highest BCUT2D eigenvalue weighted by molar-refractivity contribution is 6.31. The summed E-state index contributed by atoms with van der Waals surface area (Å²) in [5, 5.41) is 2.23. The molecule has 0 saturated heterocycles. The van der Waals surface area contributed by atoms with Gasteiger partial charge in [-0.2, -0.15) is 0 Å². The Morgan fingerprint density at radius 3 is 2.76 bits per heavy atom. The van der Waals surface area contributed by atoms with Crippen LogP contribution in [0.25, 0.3) is 0 Å². The lowest BCUT2D eigenvalue weighted by molar-refractivity contribution is -0.145. The molecule has 42 heavy (non-hydrogen) atoms. The van der Waals surface area contributed by atoms with Gasteiger partial charge in [0.25, 0.3) is 0 Å². The standard InChI is InChI=1S/C33H42ClN5O3/c1-4-39(36)21-29(35)14-12-26(18-31(40)41-22-24-9-6-5-7-10-24)25-13-15-30(34)28(17-25)20-38-19-27-11-8-16-37-32(27)42-33(2,3)23-38/h5-11,13,15-17,21,26H,4,12,14,18-20,22-23,35-36H2,1-3H3/b29-21-. The van der Waals surface area contributed by atoms with E-state index in [9.17, 15) is 4.79 Å². The summed E-state index contributed by atoms with van der Waals surface area (Å²) in [6, 6.07) is 19.7. The zero-order chi connectivity index (χ0) is 30.1. The van der Waals surface area contributed by atoms with Crippen molar-refractivity contribution in [3.05, 3.63) is 106 Å². The topological polar surface area (TPSA) is 107 Å². The second kappa shape index (κ2) is 14.5. The fourth-order valence-electron chi connectivity index (χ4n) is 5.18. The van der Waals surface area contributed by atoms with Crippen LogP contribution < -0.4 is 16.3 Å². The maximum atomic E-state index is 13.0. The predicted octanol–water partition coefficient (Wildman–Crippen LogP) is 5.90. The summed E-state index contributed by atoms with van der Waals surface area (Å²) in [6.07, 6.45) is 4.97. The molecule has 0 saturated carbocycles. The van der Waals surface area contributed by atoms with Crippen LogP contribution in [-0.4, -0.2) is 39.6 Å². The van der Waals surface area contributed by atoms with Crippen LogP contribution in [0.1, 0.15) is 68.2 Å². The highest BCUT2D eigenvalue weighted by Crippen LogP contribution is 2.33. The number of carbonyl (C=O) groups excluding carboxylic acids is 1. The number of nitrogens with zero attached hydrogens (tertiary/aromatic N) is 3. The minimum Gasteiger partial charge on any atom is -0.470 e. The quantitative estimate of drug-likeness (QED) is 0.152. The van der Waals surface area contributed by atoms with E-state index in [2.05, 4.69) is 29.8 Å². The Bertz CT molecular complexity index is 1360. The van der Waals surface area contributed by atoms with Crippen LogP contribution in [0.4, 0.5) is 0 Å². The number of benzene rings is 2. The minimum absolute atomic E-state index is 0.113. The monoisotopic (exact) mass is 591 g/mol. The minimum atomic E-state index is -0.423. The third-order valence-electron chi connectivity index (χ3n) is 7.29. The normalized spacial score (nSPS) is 15.7. The first kappa shape index (κ1) is 31.3. The van der Waals surface area contributed by atoms with Crippen molar-refractivity contribution in [3.63, 3.8) is 0 Å². The van der Waals surface area contributed by atoms with E-state index in [0.29, 0.717) is 55.6 Å². The van der Waals surface area contributed by atoms with E-state index in [4.69, 9.17) is 32.7 Å². The summed E-state index contributed by atoms with van der Waals surface area (Å²) in [5.74, 6) is 6.22. The van der Waals surface area contributed by atoms with Gasteiger partial charge in [0, 0.05) is 54.9 Å². The van der Waals surface area contributed by atoms with Crippen LogP contribution in [0.15, 0.2) is 78.8 Å². The summed E-state index contributed by atoms with van der Waals surface area (Å²) in [7, 11) is 0. The van der Waals surface area contributed by atoms with E-state index in [1.54, 1.807) is 17.4 Å². The van der Waals surface area contributed by atoms with E-state index in [-0.39, 0.29) is 24.9 Å². The molecule has 9 heteroatoms. The molecule has 4 rings (SSSR count). The number of fused-ring (bicyclic) bond motifs is 1. The van der Waals surface area contributed by atoms with Crippen LogP contribution in [0.3, 0.4) is 0 Å². The highest BCUT2D eigenvalue weighted by Gasteiger charge is 2.30. The van der Waals surface area contributed by atoms with Gasteiger partial charge in [0.2, 0.25) is 5.88 Å². The van der Waals surface area contributed by atoms with Gasteiger partial charge in [0.15, 0.2) is 0 Å². The maximum Gasteiger partial charge on any atom is 0.306 e. The Balaban J connectivity index is 1.53. The number of esters is 1. The lowest BCUT2D eigenvalue weighted by atomic mass is 9.89. The molecule has 0 fully saturated rings. The molecule has 0 spiro atoms. The Labute approximate surface area is 254 Å². The van der Waals surface area contributed by atoms with Gasteiger partial charge in [-0.05, 0) is 68.4 Å². The largest absolute Gasteiger partial charge is 0.470 e. The number of aromatic nitrogens is 1. The lowest BCUT2D eigenvalue weighted by Crippen LogP contribution is -2.40. The van der Waals surface area contributed by atoms with Gasteiger partial charge < -0.3 is 20.2 Å². The van der Waals surface area contributed by atoms with Gasteiger partial charge >= 0.3 is 5.97 Å². The number of hydrazine groups is 1. The molecular formula is C33H42ClN5O3. The first-order chi connectivity index (χ1) is 20.1. The predicted molar refractivity (Wildman–Crippen MR) is 166 cm³/mol. The van der Waals surface area contributed by atoms with Crippen LogP contribution in [0, 0.1) is 0 Å². The molecule has 0 radical (unpaired) electrons. The maximum absolute atomic E-state index is 13.0. The molecule has 0 aliphatic carbocycles. The summed E-state index contributed by atoms with van der Waals surface area (Å²) < 4.78 is 11.9. The molecule has 1 aliphatic rings. The van der Waals surface area contributed by atoms with Crippen molar-refractivity contribution in [2.24, 2.45) is 11.6 Å². The Morgan fingerprint density at radius 2 is 2.00 bits per heavy atom. The van der Waals surface area contributed by atoms with Gasteiger partial charge in [-0.3, -0.25) is 9.69 Å². The highest BCUT2D eigenvalue weighted by atomic mass is 35.5. The van der Waals surface area contributed by atoms with E-state index in [0.717, 1.165) is 22.3 Å². The van der Waals surface area contributed by atoms with Crippen LogP contribution >= 0.6 is 11.6 Å². The van der Waals surface area contributed by atoms with Crippen molar-refractivity contribution < 1.29 is 14.3 Å². The third-order valence-corrected chi connectivity index (χ3v) is 7.66. The van der Waals surface area contributed by atoms with Gasteiger partial charge in [-0.15, -0.1) is 0 Å². The Kier molecular flexibility index (Phi) is 10.8. The number of hydrogen-bond acceptors (Lipinski definition) is 8. The molecule has 8 nitrogen and oxygen atoms in total. The van der Waals surface area contributed by atoms with Crippen molar-refractivity contribution in [1.82, 2.24) is 14.9 Å². The molecule has 4 N–H and O–H groups in total. The third kappa shape index (κ3) is 9.21. The first-order valence-corrected chi connectivity index (χ1v) is 14.8. The van der Waals surface area contributed by atoms with Crippen molar-refractivity contribution in [1.29, 1.82) is 0 Å². The van der Waals surface area contributed by atoms with E-state index >= 15 is 0 Å². The number of pyridine rings is 1. The number of allylic oxidation sites excluding steroid dienone is 1. The van der Waals surface area contributed by atoms with Gasteiger partial charge in [-0.1, -0.05) is 60.1 Å². The molecule has 1 atom stereocenters. The van der Waals surface area contributed by atoms with Gasteiger partial charge in [0.1, 0.15) is 12.2 Å². The average Bonchev–Trinajstić information content (AvgIpc) is 3.09. The fraction of sp³-hybridized carbons (Fsp3) is 0.394. The van der Waals surface area contributed by atoms with Crippen molar-refractivity contribution in [2.75, 3.05) is 13.1 Å². The van der Waals surface area contributed by atoms with Crippen molar-refractivity contribution in [2.45, 2.75) is 71.2 Å². The molecule has 2 heterocycles. The second-order valence-electron chi connectivity index (χ2n) is 11.4. The second-order valence-corrected chi connectivity index (χ2v) is 11.9. The number of hydrogen-bond donors (Lipinski definition) is 2. The van der Waals surface area contributed by atoms with Gasteiger partial charge in [-0.25, -0.2) is 10.8 Å². The van der Waals surface area contributed by atoms with Crippen molar-refractivity contribution >= 4 is 17.6 Å². The summed E-state index contributed by atoms with van der Waals surface area (Å²) >= 11 is 6.75. The molecule has 1 aliphatic heterocycles. The average molecular weight is 592 g/mol. The lowest BCUT2D eigenvalue weighted by Gasteiger charge is -2.29. The molecule has 224 valence electrons. The smallest absolute Gasteiger partial charge is 0.306 e. The van der Waals surface area contributed by atoms with E-state index in [1.165, 1.54) is 0 Å². The summed E-state index contributed by atoms with van der Waals surface area (Å²) in [5.41, 5.74) is 10.5. The van der Waals surface area contributed by atoms with Crippen LogP contribution in [-0.2, 0) is 29.2 Å². The van der Waals surface area contributed by atoms with Crippen LogP contribution in [0.5, 0.6) is 5.88 Å². The number of halogens is 1. The van der Waals surface area contributed by atoms with Gasteiger partial charge in [0.05, 0.1) is 6.42 Å². The van der Waals surface area contributed by atoms with Crippen molar-refractivity contribution in [3.8, 4) is 5.88 Å². The zero-order valence-corrected chi connectivity index (χ0v) is 25.5. The zero-order valence-electron chi connectivity index (χ0n) is 24.8. The molecule has 2 aromatic carbocycles. The summed E-state index contributed by atoms with van der Waals surface area (Å²) in [4.78, 5) is 19.8. The first-order valence-electron chi connectivity index (χ1n) is 14.4. The molecule has 1 aromatic heterocycles. The molecule has 0 amide bonds. The number of carbonyl (C=O) groups is 1. The number of ether oxygens (including phenoxy) is 2. The molecule has 3 aromatic rings. The van der Waals surface area contributed by atoms with E-state index < -0.39 is 5.60 Å². The SMILES string of the molecule is CCN(N)/C=C(\N)CCC(CC(=O)OCc1ccccc1)c1ccc(Cl)c(CN2Cc3cccnc3OC(C)(C)C2)c1. The Morgan fingerprint density at radius 1 is 1.21 bits per heavy atom. The number of nitrogens with two attached hydrogens (primary N) is 2. The summed E-state index contributed by atoms with van der Waals surface area (Å²) in [6.45, 7) is 8.99. The van der Waals surface area contributed by atoms with Crippen LogP contribution in [0.2, 0.25) is 5.02 Å². The molecule has 0 bridgehead atoms. The fourth-order valence-corrected chi connectivity index (χ4v) is 5.36. The number of rotatable bonds is 12. The molecule has 1 unspecified atom stereocenters. The Hall–Kier alpha value is -3.59.